The van der Waals surface area contributed by atoms with Crippen LogP contribution in [0.15, 0.2) is 72.8 Å². The van der Waals surface area contributed by atoms with E-state index in [1.165, 1.54) is 6.07 Å². The summed E-state index contributed by atoms with van der Waals surface area (Å²) in [5, 5.41) is 15.8. The van der Waals surface area contributed by atoms with Crippen LogP contribution in [-0.2, 0) is 11.3 Å². The van der Waals surface area contributed by atoms with E-state index in [9.17, 15) is 31.5 Å². The number of hydrogen-bond acceptors (Lipinski definition) is 7. The van der Waals surface area contributed by atoms with E-state index in [1.807, 2.05) is 37.2 Å². The Kier molecular flexibility index (Phi) is 10.7. The number of urea groups is 1. The van der Waals surface area contributed by atoms with Crippen LogP contribution in [0.1, 0.15) is 15.9 Å². The van der Waals surface area contributed by atoms with Crippen molar-refractivity contribution in [1.82, 2.24) is 20.2 Å². The minimum atomic E-state index is -5.08. The van der Waals surface area contributed by atoms with Gasteiger partial charge < -0.3 is 26.0 Å². The summed E-state index contributed by atoms with van der Waals surface area (Å²) in [6.45, 7) is 1.21. The van der Waals surface area contributed by atoms with E-state index >= 15 is 0 Å². The second-order valence-corrected chi connectivity index (χ2v) is 10.2. The van der Waals surface area contributed by atoms with Crippen molar-refractivity contribution >= 4 is 41.0 Å². The van der Waals surface area contributed by atoms with Gasteiger partial charge >= 0.3 is 18.2 Å². The van der Waals surface area contributed by atoms with Gasteiger partial charge in [-0.15, -0.1) is 0 Å². The van der Waals surface area contributed by atoms with E-state index in [1.54, 1.807) is 36.4 Å². The predicted octanol–water partition coefficient (Wildman–Crippen LogP) is 5.64. The second kappa shape index (κ2) is 14.6. The van der Waals surface area contributed by atoms with Crippen molar-refractivity contribution in [3.8, 4) is 11.3 Å². The molecule has 0 saturated heterocycles. The van der Waals surface area contributed by atoms with Gasteiger partial charge in [-0.2, -0.15) is 18.2 Å². The molecular weight excluding hydrogens is 629 g/mol. The molecule has 5 rings (SSSR count). The van der Waals surface area contributed by atoms with Gasteiger partial charge in [-0.25, -0.2) is 28.3 Å². The maximum atomic E-state index is 14.8. The molecule has 0 spiro atoms. The molecule has 4 aromatic rings. The summed E-state index contributed by atoms with van der Waals surface area (Å²) < 4.78 is 61.4. The molecular formula is C31H28F5N7O4. The predicted molar refractivity (Wildman–Crippen MR) is 163 cm³/mol. The molecule has 0 atom stereocenters. The molecule has 0 unspecified atom stereocenters. The highest BCUT2D eigenvalue weighted by Crippen LogP contribution is 2.38. The lowest BCUT2D eigenvalue weighted by Crippen LogP contribution is -2.43. The first kappa shape index (κ1) is 34.2. The molecule has 11 nitrogen and oxygen atoms in total. The van der Waals surface area contributed by atoms with Crippen LogP contribution >= 0.6 is 0 Å². The number of nitrogens with one attached hydrogen (secondary N) is 3. The van der Waals surface area contributed by atoms with Crippen LogP contribution in [0.5, 0.6) is 0 Å². The number of para-hydroxylation sites is 2. The third-order valence-corrected chi connectivity index (χ3v) is 6.51. The molecule has 246 valence electrons. The van der Waals surface area contributed by atoms with Crippen molar-refractivity contribution in [2.24, 2.45) is 0 Å². The van der Waals surface area contributed by atoms with Crippen LogP contribution in [0.4, 0.5) is 49.9 Å². The number of hydrogen-bond donors (Lipinski definition) is 4. The Morgan fingerprint density at radius 2 is 1.57 bits per heavy atom. The number of likely N-dealkylation sites (N-methyl/N-ethyl adjacent to an activating group) is 1. The summed E-state index contributed by atoms with van der Waals surface area (Å²) in [6, 6.07) is 18.6. The second-order valence-electron chi connectivity index (χ2n) is 10.2. The molecule has 47 heavy (non-hydrogen) atoms. The molecule has 1 aromatic heterocycles. The number of benzene rings is 3. The molecule has 3 amide bonds. The highest BCUT2D eigenvalue weighted by atomic mass is 19.4. The van der Waals surface area contributed by atoms with Gasteiger partial charge in [-0.3, -0.25) is 4.79 Å². The maximum absolute atomic E-state index is 14.8. The molecule has 0 fully saturated rings. The molecule has 0 saturated carbocycles. The zero-order chi connectivity index (χ0) is 34.3. The number of amides is 3. The Labute approximate surface area is 265 Å². The fraction of sp³-hybridized carbons (Fsp3) is 0.194. The number of rotatable bonds is 8. The summed E-state index contributed by atoms with van der Waals surface area (Å²) in [5.74, 6) is -4.58. The van der Waals surface area contributed by atoms with E-state index in [0.29, 0.717) is 41.2 Å². The van der Waals surface area contributed by atoms with Crippen molar-refractivity contribution < 1.29 is 41.4 Å². The molecule has 0 radical (unpaired) electrons. The van der Waals surface area contributed by atoms with Gasteiger partial charge in [-0.1, -0.05) is 36.4 Å². The van der Waals surface area contributed by atoms with Gasteiger partial charge in [0.2, 0.25) is 5.95 Å². The highest BCUT2D eigenvalue weighted by Gasteiger charge is 2.38. The maximum Gasteiger partial charge on any atom is 0.490 e. The van der Waals surface area contributed by atoms with Crippen molar-refractivity contribution in [2.75, 3.05) is 42.7 Å². The van der Waals surface area contributed by atoms with Gasteiger partial charge in [0.05, 0.1) is 12.2 Å². The van der Waals surface area contributed by atoms with Crippen LogP contribution in [0.3, 0.4) is 0 Å². The van der Waals surface area contributed by atoms with Gasteiger partial charge in [-0.05, 0) is 50.5 Å². The topological polar surface area (TPSA) is 140 Å². The quantitative estimate of drug-likeness (QED) is 0.179. The summed E-state index contributed by atoms with van der Waals surface area (Å²) in [4.78, 5) is 46.6. The largest absolute Gasteiger partial charge is 0.490 e. The highest BCUT2D eigenvalue weighted by molar-refractivity contribution is 6.05. The average Bonchev–Trinajstić information content (AvgIpc) is 3.02. The number of anilines is 4. The molecule has 1 aliphatic heterocycles. The molecule has 16 heteroatoms. The molecule has 3 aromatic carbocycles. The SMILES string of the molecule is CN(C)CCNc1nc(-c2ccc(C(=O)Nc3ccccc3)cc2)c2c(n1)N(c1c(F)cccc1F)C(=O)NC2.O=C(O)C(F)(F)F. The molecule has 0 aliphatic carbocycles. The Hall–Kier alpha value is -5.64. The number of fused-ring (bicyclic) bond motifs is 1. The number of carboxylic acid groups (broad SMARTS) is 1. The van der Waals surface area contributed by atoms with Crippen LogP contribution in [0.25, 0.3) is 11.3 Å². The van der Waals surface area contributed by atoms with Crippen LogP contribution in [-0.4, -0.2) is 71.2 Å². The number of nitrogens with zero attached hydrogens (tertiary/aromatic N) is 4. The summed E-state index contributed by atoms with van der Waals surface area (Å²) in [5.41, 5.74) is 2.14. The van der Waals surface area contributed by atoms with E-state index in [-0.39, 0.29) is 24.2 Å². The van der Waals surface area contributed by atoms with Gasteiger partial charge in [0, 0.05) is 35.5 Å². The minimum absolute atomic E-state index is 0.0459. The number of alkyl halides is 3. The number of carbonyl (C=O) groups is 3. The van der Waals surface area contributed by atoms with Crippen LogP contribution in [0, 0.1) is 11.6 Å². The molecule has 2 heterocycles. The number of carboxylic acids is 1. The lowest BCUT2D eigenvalue weighted by molar-refractivity contribution is -0.192. The van der Waals surface area contributed by atoms with E-state index in [4.69, 9.17) is 9.90 Å². The fourth-order valence-corrected chi connectivity index (χ4v) is 4.28. The summed E-state index contributed by atoms with van der Waals surface area (Å²) in [6.07, 6.45) is -5.08. The Balaban J connectivity index is 0.000000644. The van der Waals surface area contributed by atoms with Crippen molar-refractivity contribution in [1.29, 1.82) is 0 Å². The Bertz CT molecular complexity index is 1730. The normalized spacial score (nSPS) is 12.4. The van der Waals surface area contributed by atoms with Gasteiger partial charge in [0.1, 0.15) is 17.3 Å². The molecule has 1 aliphatic rings. The van der Waals surface area contributed by atoms with E-state index in [2.05, 4.69) is 25.9 Å². The zero-order valence-electron chi connectivity index (χ0n) is 24.9. The number of carbonyl (C=O) groups excluding carboxylic acids is 2. The van der Waals surface area contributed by atoms with E-state index in [0.717, 1.165) is 17.0 Å². The summed E-state index contributed by atoms with van der Waals surface area (Å²) >= 11 is 0. The third kappa shape index (κ3) is 8.55. The van der Waals surface area contributed by atoms with Crippen molar-refractivity contribution in [2.45, 2.75) is 12.7 Å². The van der Waals surface area contributed by atoms with E-state index < -0.39 is 35.5 Å². The van der Waals surface area contributed by atoms with Crippen molar-refractivity contribution in [3.63, 3.8) is 0 Å². The Morgan fingerprint density at radius 3 is 2.15 bits per heavy atom. The monoisotopic (exact) mass is 657 g/mol. The first-order valence-electron chi connectivity index (χ1n) is 13.8. The fourth-order valence-electron chi connectivity index (χ4n) is 4.28. The lowest BCUT2D eigenvalue weighted by atomic mass is 10.0. The molecule has 0 bridgehead atoms. The lowest BCUT2D eigenvalue weighted by Gasteiger charge is -2.30. The molecule has 4 N–H and O–H groups in total. The van der Waals surface area contributed by atoms with Crippen molar-refractivity contribution in [3.05, 3.63) is 95.6 Å². The van der Waals surface area contributed by atoms with Crippen LogP contribution in [0.2, 0.25) is 0 Å². The van der Waals surface area contributed by atoms with Crippen LogP contribution < -0.4 is 20.9 Å². The van der Waals surface area contributed by atoms with Gasteiger partial charge in [0.15, 0.2) is 5.82 Å². The number of halogens is 5. The first-order chi connectivity index (χ1) is 22.3. The smallest absolute Gasteiger partial charge is 0.475 e. The first-order valence-corrected chi connectivity index (χ1v) is 13.8. The minimum Gasteiger partial charge on any atom is -0.475 e. The summed E-state index contributed by atoms with van der Waals surface area (Å²) in [7, 11) is 3.84. The average molecular weight is 658 g/mol. The zero-order valence-corrected chi connectivity index (χ0v) is 24.9. The standard InChI is InChI=1S/C29H27F2N7O2.C2HF3O2/c1-37(2)16-15-32-28-35-24(18-11-13-19(14-12-18)27(39)34-20-7-4-3-5-8-20)21-17-33-29(40)38(26(21)36-28)25-22(30)9-6-10-23(25)31;3-2(4,5)1(6)7/h3-14H,15-17H2,1-2H3,(H,33,40)(H,34,39)(H,32,35,36);(H,6,7). The van der Waals surface area contributed by atoms with Gasteiger partial charge in [0.25, 0.3) is 5.91 Å². The third-order valence-electron chi connectivity index (χ3n) is 6.51. The number of aromatic nitrogens is 2. The Morgan fingerprint density at radius 1 is 0.957 bits per heavy atom. The number of aliphatic carboxylic acids is 1.